The van der Waals surface area contributed by atoms with Crippen LogP contribution >= 0.6 is 0 Å². The molecule has 0 amide bonds. The molecule has 0 bridgehead atoms. The Balaban J connectivity index is 1.81. The molecule has 3 N–H and O–H groups in total. The van der Waals surface area contributed by atoms with Crippen molar-refractivity contribution in [2.24, 2.45) is 5.73 Å². The van der Waals surface area contributed by atoms with Crippen molar-refractivity contribution >= 4 is 0 Å². The lowest BCUT2D eigenvalue weighted by Crippen LogP contribution is -2.46. The summed E-state index contributed by atoms with van der Waals surface area (Å²) in [6, 6.07) is 26.2. The van der Waals surface area contributed by atoms with Crippen LogP contribution in [-0.4, -0.2) is 20.8 Å². The van der Waals surface area contributed by atoms with Crippen molar-refractivity contribution in [3.63, 3.8) is 0 Å². The number of ether oxygens (including phenoxy) is 2. The molecule has 3 aromatic carbocycles. The summed E-state index contributed by atoms with van der Waals surface area (Å²) in [6.07, 6.45) is 0. The highest BCUT2D eigenvalue weighted by Gasteiger charge is 2.29. The standard InChI is InChI=1S/C23H26N2O2/c1-26-21-14-13-18(22(15-21)27-2)16-25-17-23(24,19-9-5-3-6-10-19)20-11-7-4-8-12-20/h3-15,25H,16-17,24H2,1-2H3. The van der Waals surface area contributed by atoms with E-state index in [4.69, 9.17) is 15.2 Å². The Labute approximate surface area is 160 Å². The normalized spacial score (nSPS) is 11.2. The van der Waals surface area contributed by atoms with E-state index in [2.05, 4.69) is 29.6 Å². The Morgan fingerprint density at radius 3 is 1.93 bits per heavy atom. The van der Waals surface area contributed by atoms with Crippen molar-refractivity contribution in [3.8, 4) is 11.5 Å². The number of hydrogen-bond acceptors (Lipinski definition) is 4. The molecule has 0 aromatic heterocycles. The van der Waals surface area contributed by atoms with E-state index in [0.717, 1.165) is 28.2 Å². The zero-order chi connectivity index (χ0) is 19.1. The predicted octanol–water partition coefficient (Wildman–Crippen LogP) is 3.70. The summed E-state index contributed by atoms with van der Waals surface area (Å²) in [6.45, 7) is 1.24. The van der Waals surface area contributed by atoms with E-state index in [1.54, 1.807) is 14.2 Å². The van der Waals surface area contributed by atoms with E-state index in [9.17, 15) is 0 Å². The Kier molecular flexibility index (Phi) is 6.12. The first-order valence-corrected chi connectivity index (χ1v) is 8.99. The number of nitrogens with two attached hydrogens (primary N) is 1. The van der Waals surface area contributed by atoms with E-state index in [1.165, 1.54) is 0 Å². The second-order valence-electron chi connectivity index (χ2n) is 6.48. The lowest BCUT2D eigenvalue weighted by molar-refractivity contribution is 0.388. The maximum absolute atomic E-state index is 6.91. The second kappa shape index (κ2) is 8.71. The third kappa shape index (κ3) is 4.30. The van der Waals surface area contributed by atoms with Crippen LogP contribution in [0.4, 0.5) is 0 Å². The molecule has 27 heavy (non-hydrogen) atoms. The van der Waals surface area contributed by atoms with Gasteiger partial charge in [-0.05, 0) is 17.2 Å². The SMILES string of the molecule is COc1ccc(CNCC(N)(c2ccccc2)c2ccccc2)c(OC)c1. The number of rotatable bonds is 8. The van der Waals surface area contributed by atoms with Crippen LogP contribution in [0.2, 0.25) is 0 Å². The number of nitrogens with one attached hydrogen (secondary N) is 1. The van der Waals surface area contributed by atoms with Gasteiger partial charge in [-0.25, -0.2) is 0 Å². The quantitative estimate of drug-likeness (QED) is 0.642. The molecule has 0 heterocycles. The highest BCUT2D eigenvalue weighted by atomic mass is 16.5. The molecule has 3 rings (SSSR count). The van der Waals surface area contributed by atoms with Gasteiger partial charge >= 0.3 is 0 Å². The predicted molar refractivity (Wildman–Crippen MR) is 109 cm³/mol. The topological polar surface area (TPSA) is 56.5 Å². The molecule has 0 atom stereocenters. The lowest BCUT2D eigenvalue weighted by atomic mass is 9.83. The smallest absolute Gasteiger partial charge is 0.127 e. The van der Waals surface area contributed by atoms with Crippen LogP contribution in [-0.2, 0) is 12.1 Å². The van der Waals surface area contributed by atoms with Crippen molar-refractivity contribution in [1.29, 1.82) is 0 Å². The number of benzene rings is 3. The van der Waals surface area contributed by atoms with Crippen LogP contribution in [0.25, 0.3) is 0 Å². The van der Waals surface area contributed by atoms with Gasteiger partial charge in [0, 0.05) is 24.7 Å². The zero-order valence-electron chi connectivity index (χ0n) is 15.8. The van der Waals surface area contributed by atoms with Crippen molar-refractivity contribution in [1.82, 2.24) is 5.32 Å². The van der Waals surface area contributed by atoms with Crippen molar-refractivity contribution in [3.05, 3.63) is 95.6 Å². The van der Waals surface area contributed by atoms with Gasteiger partial charge in [-0.1, -0.05) is 66.7 Å². The Morgan fingerprint density at radius 2 is 1.41 bits per heavy atom. The van der Waals surface area contributed by atoms with E-state index in [1.807, 2.05) is 54.6 Å². The Morgan fingerprint density at radius 1 is 0.815 bits per heavy atom. The summed E-state index contributed by atoms with van der Waals surface area (Å²) in [5.41, 5.74) is 9.49. The summed E-state index contributed by atoms with van der Waals surface area (Å²) in [4.78, 5) is 0. The van der Waals surface area contributed by atoms with Gasteiger partial charge in [-0.2, -0.15) is 0 Å². The molecule has 4 nitrogen and oxygen atoms in total. The maximum atomic E-state index is 6.91. The minimum Gasteiger partial charge on any atom is -0.497 e. The van der Waals surface area contributed by atoms with Crippen LogP contribution in [0, 0.1) is 0 Å². The second-order valence-corrected chi connectivity index (χ2v) is 6.48. The largest absolute Gasteiger partial charge is 0.497 e. The average molecular weight is 362 g/mol. The molecule has 0 saturated carbocycles. The lowest BCUT2D eigenvalue weighted by Gasteiger charge is -2.31. The fourth-order valence-electron chi connectivity index (χ4n) is 3.23. The fraction of sp³-hybridized carbons (Fsp3) is 0.217. The van der Waals surface area contributed by atoms with Crippen LogP contribution in [0.5, 0.6) is 11.5 Å². The van der Waals surface area contributed by atoms with Gasteiger partial charge in [-0.15, -0.1) is 0 Å². The summed E-state index contributed by atoms with van der Waals surface area (Å²) in [5, 5.41) is 3.51. The summed E-state index contributed by atoms with van der Waals surface area (Å²) in [5.74, 6) is 1.57. The molecule has 0 aliphatic carbocycles. The molecule has 0 aliphatic rings. The molecule has 0 aliphatic heterocycles. The average Bonchev–Trinajstić information content (AvgIpc) is 2.75. The minimum absolute atomic E-state index is 0.593. The molecule has 0 fully saturated rings. The zero-order valence-corrected chi connectivity index (χ0v) is 15.8. The fourth-order valence-corrected chi connectivity index (χ4v) is 3.23. The van der Waals surface area contributed by atoms with Gasteiger partial charge in [0.2, 0.25) is 0 Å². The molecule has 0 radical (unpaired) electrons. The van der Waals surface area contributed by atoms with Crippen molar-refractivity contribution in [2.75, 3.05) is 20.8 Å². The Hall–Kier alpha value is -2.82. The van der Waals surface area contributed by atoms with Crippen LogP contribution in [0.1, 0.15) is 16.7 Å². The van der Waals surface area contributed by atoms with Crippen LogP contribution in [0.15, 0.2) is 78.9 Å². The van der Waals surface area contributed by atoms with E-state index < -0.39 is 5.54 Å². The van der Waals surface area contributed by atoms with Gasteiger partial charge in [0.1, 0.15) is 11.5 Å². The monoisotopic (exact) mass is 362 g/mol. The van der Waals surface area contributed by atoms with Crippen LogP contribution in [0.3, 0.4) is 0 Å². The molecule has 3 aromatic rings. The highest BCUT2D eigenvalue weighted by molar-refractivity contribution is 5.41. The van der Waals surface area contributed by atoms with Gasteiger partial charge in [0.05, 0.1) is 19.8 Å². The maximum Gasteiger partial charge on any atom is 0.127 e. The van der Waals surface area contributed by atoms with Crippen molar-refractivity contribution in [2.45, 2.75) is 12.1 Å². The first-order chi connectivity index (χ1) is 13.2. The van der Waals surface area contributed by atoms with Gasteiger partial charge < -0.3 is 20.5 Å². The van der Waals surface area contributed by atoms with Gasteiger partial charge in [0.15, 0.2) is 0 Å². The number of methoxy groups -OCH3 is 2. The molecule has 0 spiro atoms. The molecule has 140 valence electrons. The number of hydrogen-bond donors (Lipinski definition) is 2. The molecular formula is C23H26N2O2. The molecular weight excluding hydrogens is 336 g/mol. The van der Waals surface area contributed by atoms with Gasteiger partial charge in [-0.3, -0.25) is 0 Å². The molecule has 4 heteroatoms. The third-order valence-corrected chi connectivity index (χ3v) is 4.79. The molecule has 0 saturated heterocycles. The third-order valence-electron chi connectivity index (χ3n) is 4.79. The summed E-state index contributed by atoms with van der Waals surface area (Å²) < 4.78 is 10.8. The summed E-state index contributed by atoms with van der Waals surface area (Å²) in [7, 11) is 3.31. The Bertz CT molecular complexity index is 811. The van der Waals surface area contributed by atoms with E-state index in [0.29, 0.717) is 13.1 Å². The highest BCUT2D eigenvalue weighted by Crippen LogP contribution is 2.28. The van der Waals surface area contributed by atoms with Crippen LogP contribution < -0.4 is 20.5 Å². The molecule has 0 unspecified atom stereocenters. The minimum atomic E-state index is -0.623. The first-order valence-electron chi connectivity index (χ1n) is 8.99. The van der Waals surface area contributed by atoms with Crippen molar-refractivity contribution < 1.29 is 9.47 Å². The first kappa shape index (κ1) is 19.0. The van der Waals surface area contributed by atoms with Gasteiger partial charge in [0.25, 0.3) is 0 Å². The van der Waals surface area contributed by atoms with E-state index in [-0.39, 0.29) is 0 Å². The summed E-state index contributed by atoms with van der Waals surface area (Å²) >= 11 is 0. The van der Waals surface area contributed by atoms with E-state index >= 15 is 0 Å².